The molecule has 4 N–H and O–H groups in total. The van der Waals surface area contributed by atoms with E-state index in [1.807, 2.05) is 6.92 Å². The van der Waals surface area contributed by atoms with Gasteiger partial charge in [-0.05, 0) is 42.3 Å². The van der Waals surface area contributed by atoms with Gasteiger partial charge in [-0.25, -0.2) is 9.80 Å². The molecule has 0 bridgehead atoms. The molecule has 10 nitrogen and oxygen atoms in total. The number of primary amides is 1. The zero-order valence-corrected chi connectivity index (χ0v) is 20.6. The predicted octanol–water partition coefficient (Wildman–Crippen LogP) is 4.13. The Labute approximate surface area is 215 Å². The molecule has 0 radical (unpaired) electrons. The number of alkyl halides is 3. The lowest BCUT2D eigenvalue weighted by molar-refractivity contribution is -0.275. The van der Waals surface area contributed by atoms with Gasteiger partial charge in [0.15, 0.2) is 11.5 Å². The number of urea groups is 1. The molecule has 0 aliphatic carbocycles. The van der Waals surface area contributed by atoms with Crippen molar-refractivity contribution in [3.05, 3.63) is 53.6 Å². The highest BCUT2D eigenvalue weighted by molar-refractivity contribution is 6.18. The molecule has 0 saturated carbocycles. The summed E-state index contributed by atoms with van der Waals surface area (Å²) in [6, 6.07) is 10.2. The largest absolute Gasteiger partial charge is 0.573 e. The average Bonchev–Trinajstić information content (AvgIpc) is 2.85. The van der Waals surface area contributed by atoms with E-state index in [1.54, 1.807) is 35.2 Å². The molecule has 0 aromatic heterocycles. The van der Waals surface area contributed by atoms with Crippen LogP contribution in [0.3, 0.4) is 0 Å². The van der Waals surface area contributed by atoms with Crippen molar-refractivity contribution in [1.82, 2.24) is 9.84 Å². The van der Waals surface area contributed by atoms with E-state index in [2.05, 4.69) is 26.9 Å². The summed E-state index contributed by atoms with van der Waals surface area (Å²) < 4.78 is 47.6. The van der Waals surface area contributed by atoms with Crippen LogP contribution in [0.25, 0.3) is 0 Å². The lowest BCUT2D eigenvalue weighted by Gasteiger charge is -2.29. The number of hydrogen-bond donors (Lipinski definition) is 3. The zero-order chi connectivity index (χ0) is 27.6. The van der Waals surface area contributed by atoms with Gasteiger partial charge in [0.05, 0.1) is 19.4 Å². The van der Waals surface area contributed by atoms with E-state index in [9.17, 15) is 22.8 Å². The fraction of sp³-hybridized carbons (Fsp3) is 0.304. The van der Waals surface area contributed by atoms with Gasteiger partial charge in [0.1, 0.15) is 0 Å². The molecular weight excluding hydrogens is 519 g/mol. The number of amides is 4. The van der Waals surface area contributed by atoms with E-state index < -0.39 is 18.1 Å². The fourth-order valence-corrected chi connectivity index (χ4v) is 3.48. The Hall–Kier alpha value is -4.00. The Morgan fingerprint density at radius 1 is 1.24 bits per heavy atom. The predicted molar refractivity (Wildman–Crippen MR) is 130 cm³/mol. The average molecular weight is 544 g/mol. The van der Waals surface area contributed by atoms with E-state index in [4.69, 9.17) is 15.3 Å². The molecule has 1 aliphatic rings. The molecule has 4 amide bonds. The van der Waals surface area contributed by atoms with Gasteiger partial charge in [-0.3, -0.25) is 14.4 Å². The number of rotatable bonds is 8. The summed E-state index contributed by atoms with van der Waals surface area (Å²) in [6.45, 7) is 2.03. The van der Waals surface area contributed by atoms with E-state index in [1.165, 1.54) is 24.3 Å². The third-order valence-electron chi connectivity index (χ3n) is 5.10. The van der Waals surface area contributed by atoms with Crippen LogP contribution in [0.2, 0.25) is 0 Å². The van der Waals surface area contributed by atoms with Crippen molar-refractivity contribution in [2.24, 2.45) is 16.8 Å². The van der Waals surface area contributed by atoms with Crippen molar-refractivity contribution in [2.45, 2.75) is 32.7 Å². The van der Waals surface area contributed by atoms with Gasteiger partial charge in [-0.15, -0.1) is 13.2 Å². The van der Waals surface area contributed by atoms with Crippen LogP contribution in [0.15, 0.2) is 47.6 Å². The lowest BCUT2D eigenvalue weighted by atomic mass is 9.89. The lowest BCUT2D eigenvalue weighted by Crippen LogP contribution is -2.36. The van der Waals surface area contributed by atoms with Crippen LogP contribution in [0.1, 0.15) is 30.9 Å². The van der Waals surface area contributed by atoms with Crippen LogP contribution < -0.4 is 25.4 Å². The first-order valence-corrected chi connectivity index (χ1v) is 11.2. The van der Waals surface area contributed by atoms with Crippen LogP contribution >= 0.6 is 11.8 Å². The molecule has 2 aromatic carbocycles. The number of ether oxygens (including phenoxy) is 2. The highest BCUT2D eigenvalue weighted by Crippen LogP contribution is 2.35. The minimum absolute atomic E-state index is 0.0712. The Kier molecular flexibility index (Phi) is 10.5. The fourth-order valence-electron chi connectivity index (χ4n) is 3.48. The molecule has 3 rings (SSSR count). The number of hydrogen-bond acceptors (Lipinski definition) is 6. The number of anilines is 1. The molecule has 1 atom stereocenters. The number of nitrogens with zero attached hydrogens (tertiary/aromatic N) is 2. The first-order valence-electron chi connectivity index (χ1n) is 10.8. The third-order valence-corrected chi connectivity index (χ3v) is 5.19. The van der Waals surface area contributed by atoms with Crippen LogP contribution in [0, 0.1) is 5.92 Å². The van der Waals surface area contributed by atoms with Crippen LogP contribution in [-0.2, 0) is 16.1 Å². The Bertz CT molecular complexity index is 1130. The minimum Gasteiger partial charge on any atom is -0.493 e. The first-order chi connectivity index (χ1) is 17.5. The summed E-state index contributed by atoms with van der Waals surface area (Å²) in [6.07, 6.45) is -3.75. The maximum absolute atomic E-state index is 12.8. The Morgan fingerprint density at radius 3 is 2.41 bits per heavy atom. The van der Waals surface area contributed by atoms with Gasteiger partial charge in [-0.2, -0.15) is 5.10 Å². The number of hydrazone groups is 1. The van der Waals surface area contributed by atoms with Crippen LogP contribution in [0.4, 0.5) is 23.7 Å². The molecular formula is C23H25ClF3N5O5. The van der Waals surface area contributed by atoms with Gasteiger partial charge in [0, 0.05) is 35.4 Å². The van der Waals surface area contributed by atoms with Crippen molar-refractivity contribution in [1.29, 1.82) is 0 Å². The SMILES string of the molecule is CCC1CC(=O)N(Cc2ccc(NC(N)=O)cc2)N=C1c1ccc(OC)c(OC(F)(F)F)c1.O=CNCl. The molecule has 0 saturated heterocycles. The van der Waals surface area contributed by atoms with E-state index in [0.717, 1.165) is 5.56 Å². The Balaban J connectivity index is 0.00000112. The van der Waals surface area contributed by atoms with Crippen LogP contribution in [-0.4, -0.2) is 42.5 Å². The molecule has 1 aliphatic heterocycles. The topological polar surface area (TPSA) is 135 Å². The van der Waals surface area contributed by atoms with Crippen molar-refractivity contribution in [3.8, 4) is 11.5 Å². The summed E-state index contributed by atoms with van der Waals surface area (Å²) in [7, 11) is 1.25. The van der Waals surface area contributed by atoms with E-state index in [-0.39, 0.29) is 30.5 Å². The van der Waals surface area contributed by atoms with Gasteiger partial charge >= 0.3 is 12.4 Å². The van der Waals surface area contributed by atoms with E-state index in [0.29, 0.717) is 29.8 Å². The van der Waals surface area contributed by atoms with Crippen molar-refractivity contribution >= 4 is 41.5 Å². The van der Waals surface area contributed by atoms with Crippen molar-refractivity contribution in [3.63, 3.8) is 0 Å². The second-order valence-corrected chi connectivity index (χ2v) is 7.79. The molecule has 0 spiro atoms. The molecule has 14 heteroatoms. The van der Waals surface area contributed by atoms with Crippen molar-refractivity contribution < 1.29 is 37.0 Å². The first kappa shape index (κ1) is 29.2. The standard InChI is InChI=1S/C22H23F3N4O4.CH2ClNO/c1-3-14-11-19(30)29(12-13-4-7-16(8-5-13)27-21(26)31)28-20(14)15-6-9-17(32-2)18(10-15)33-22(23,24)25;2-3-1-4/h4-10,14H,3,11-12H2,1-2H3,(H3,26,27,31);1H,(H,3,4). The Morgan fingerprint density at radius 2 is 1.89 bits per heavy atom. The zero-order valence-electron chi connectivity index (χ0n) is 19.8. The van der Waals surface area contributed by atoms with Gasteiger partial charge in [0.2, 0.25) is 12.3 Å². The normalized spacial score (nSPS) is 15.1. The quantitative estimate of drug-likeness (QED) is 0.340. The number of methoxy groups -OCH3 is 1. The number of halogens is 4. The third kappa shape index (κ3) is 8.86. The summed E-state index contributed by atoms with van der Waals surface area (Å²) in [4.78, 5) is 34.3. The highest BCUT2D eigenvalue weighted by atomic mass is 35.5. The number of nitrogens with one attached hydrogen (secondary N) is 2. The summed E-state index contributed by atoms with van der Waals surface area (Å²) >= 11 is 4.57. The maximum Gasteiger partial charge on any atom is 0.573 e. The highest BCUT2D eigenvalue weighted by Gasteiger charge is 2.34. The molecule has 200 valence electrons. The number of carbonyl (C=O) groups is 3. The van der Waals surface area contributed by atoms with E-state index >= 15 is 0 Å². The molecule has 1 heterocycles. The number of benzene rings is 2. The van der Waals surface area contributed by atoms with Crippen molar-refractivity contribution in [2.75, 3.05) is 12.4 Å². The smallest absolute Gasteiger partial charge is 0.493 e. The van der Waals surface area contributed by atoms with Crippen LogP contribution in [0.5, 0.6) is 11.5 Å². The molecule has 2 aromatic rings. The second-order valence-electron chi connectivity index (χ2n) is 7.57. The van der Waals surface area contributed by atoms with Gasteiger partial charge in [-0.1, -0.05) is 19.1 Å². The summed E-state index contributed by atoms with van der Waals surface area (Å²) in [5.41, 5.74) is 7.22. The summed E-state index contributed by atoms with van der Waals surface area (Å²) in [5.74, 6) is -1.02. The van der Waals surface area contributed by atoms with Gasteiger partial charge < -0.3 is 20.5 Å². The molecule has 37 heavy (non-hydrogen) atoms. The molecule has 0 fully saturated rings. The number of nitrogens with two attached hydrogens (primary N) is 1. The summed E-state index contributed by atoms with van der Waals surface area (Å²) in [5, 5.41) is 8.21. The van der Waals surface area contributed by atoms with Gasteiger partial charge in [0.25, 0.3) is 0 Å². The monoisotopic (exact) mass is 543 g/mol. The number of carbonyl (C=O) groups excluding carboxylic acids is 3. The maximum atomic E-state index is 12.8. The molecule has 1 unspecified atom stereocenters. The minimum atomic E-state index is -4.89. The second kappa shape index (κ2) is 13.3.